The fraction of sp³-hybridized carbons (Fsp3) is 0.105. The molecule has 0 fully saturated rings. The molecule has 2 aromatic carbocycles. The van der Waals surface area contributed by atoms with E-state index < -0.39 is 10.8 Å². The van der Waals surface area contributed by atoms with Crippen LogP contribution in [0.4, 0.5) is 11.4 Å². The number of carbonyl (C=O) groups excluding carboxylic acids is 1. The van der Waals surface area contributed by atoms with Gasteiger partial charge < -0.3 is 11.1 Å². The van der Waals surface area contributed by atoms with E-state index in [1.807, 2.05) is 48.7 Å². The van der Waals surface area contributed by atoms with Crippen LogP contribution in [0.2, 0.25) is 0 Å². The first-order chi connectivity index (χ1) is 12.5. The van der Waals surface area contributed by atoms with Gasteiger partial charge in [0.1, 0.15) is 5.69 Å². The van der Waals surface area contributed by atoms with Gasteiger partial charge >= 0.3 is 0 Å². The number of thiophene rings is 1. The van der Waals surface area contributed by atoms with Crippen molar-refractivity contribution in [2.45, 2.75) is 13.0 Å². The molecule has 0 unspecified atom stereocenters. The number of rotatable bonds is 6. The van der Waals surface area contributed by atoms with Crippen LogP contribution >= 0.6 is 11.3 Å². The summed E-state index contributed by atoms with van der Waals surface area (Å²) < 4.78 is 0. The molecule has 3 rings (SSSR count). The number of nitro benzene ring substituents is 1. The van der Waals surface area contributed by atoms with Gasteiger partial charge in [-0.15, -0.1) is 11.3 Å². The van der Waals surface area contributed by atoms with Gasteiger partial charge in [0.2, 0.25) is 5.91 Å². The van der Waals surface area contributed by atoms with Crippen LogP contribution in [-0.2, 0) is 0 Å². The van der Waals surface area contributed by atoms with E-state index in [1.54, 1.807) is 11.3 Å². The van der Waals surface area contributed by atoms with Crippen molar-refractivity contribution in [2.75, 3.05) is 5.32 Å². The SMILES string of the molecule is Cc1ccc([C@H](Nc2ccc(C(N)=O)cc2[N+](=O)[O-])c2cccs2)cc1. The van der Waals surface area contributed by atoms with Gasteiger partial charge in [0, 0.05) is 16.5 Å². The second-order valence-corrected chi connectivity index (χ2v) is 6.84. The van der Waals surface area contributed by atoms with E-state index in [0.29, 0.717) is 5.69 Å². The topological polar surface area (TPSA) is 98.3 Å². The Kier molecular flexibility index (Phi) is 4.99. The first kappa shape index (κ1) is 17.6. The van der Waals surface area contributed by atoms with E-state index in [-0.39, 0.29) is 17.3 Å². The third kappa shape index (κ3) is 3.73. The fourth-order valence-corrected chi connectivity index (χ4v) is 3.45. The molecule has 0 bridgehead atoms. The molecule has 0 spiro atoms. The maximum Gasteiger partial charge on any atom is 0.293 e. The highest BCUT2D eigenvalue weighted by Gasteiger charge is 2.22. The predicted octanol–water partition coefficient (Wildman–Crippen LogP) is 4.27. The molecule has 0 saturated heterocycles. The Labute approximate surface area is 154 Å². The summed E-state index contributed by atoms with van der Waals surface area (Å²) in [5.41, 5.74) is 7.61. The van der Waals surface area contributed by atoms with Crippen LogP contribution in [0.3, 0.4) is 0 Å². The Morgan fingerprint density at radius 1 is 1.19 bits per heavy atom. The molecule has 0 aliphatic heterocycles. The van der Waals surface area contributed by atoms with E-state index in [4.69, 9.17) is 5.73 Å². The quantitative estimate of drug-likeness (QED) is 0.502. The van der Waals surface area contributed by atoms with E-state index in [1.165, 1.54) is 18.2 Å². The summed E-state index contributed by atoms with van der Waals surface area (Å²) in [6.07, 6.45) is 0. The third-order valence-electron chi connectivity index (χ3n) is 4.02. The van der Waals surface area contributed by atoms with Crippen molar-refractivity contribution in [1.82, 2.24) is 0 Å². The van der Waals surface area contributed by atoms with Crippen LogP contribution in [0.5, 0.6) is 0 Å². The Hall–Kier alpha value is -3.19. The van der Waals surface area contributed by atoms with Crippen LogP contribution in [0.1, 0.15) is 32.4 Å². The molecule has 3 aromatic rings. The number of aryl methyl sites for hydroxylation is 1. The summed E-state index contributed by atoms with van der Waals surface area (Å²) in [5.74, 6) is -0.701. The van der Waals surface area contributed by atoms with Crippen LogP contribution in [0, 0.1) is 17.0 Å². The summed E-state index contributed by atoms with van der Waals surface area (Å²) in [6, 6.07) is 15.9. The number of nitrogens with one attached hydrogen (secondary N) is 1. The van der Waals surface area contributed by atoms with Crippen molar-refractivity contribution < 1.29 is 9.72 Å². The minimum absolute atomic E-state index is 0.102. The molecule has 0 aliphatic rings. The number of hydrogen-bond donors (Lipinski definition) is 2. The van der Waals surface area contributed by atoms with Crippen molar-refractivity contribution in [3.8, 4) is 0 Å². The number of hydrogen-bond acceptors (Lipinski definition) is 5. The van der Waals surface area contributed by atoms with Gasteiger partial charge in [0.15, 0.2) is 0 Å². The highest BCUT2D eigenvalue weighted by atomic mass is 32.1. The number of nitrogens with zero attached hydrogens (tertiary/aromatic N) is 1. The van der Waals surface area contributed by atoms with Crippen molar-refractivity contribution in [3.63, 3.8) is 0 Å². The zero-order chi connectivity index (χ0) is 18.7. The van der Waals surface area contributed by atoms with E-state index in [9.17, 15) is 14.9 Å². The lowest BCUT2D eigenvalue weighted by Gasteiger charge is -2.20. The zero-order valence-electron chi connectivity index (χ0n) is 14.0. The largest absolute Gasteiger partial charge is 0.368 e. The molecule has 1 atom stereocenters. The molecule has 1 amide bonds. The normalized spacial score (nSPS) is 11.7. The van der Waals surface area contributed by atoms with Gasteiger partial charge in [-0.2, -0.15) is 0 Å². The molecule has 7 heteroatoms. The van der Waals surface area contributed by atoms with Crippen LogP contribution in [0.15, 0.2) is 60.0 Å². The second-order valence-electron chi connectivity index (χ2n) is 5.86. The Morgan fingerprint density at radius 2 is 1.92 bits per heavy atom. The molecule has 1 heterocycles. The monoisotopic (exact) mass is 367 g/mol. The maximum absolute atomic E-state index is 11.5. The van der Waals surface area contributed by atoms with Gasteiger partial charge in [-0.25, -0.2) is 0 Å². The summed E-state index contributed by atoms with van der Waals surface area (Å²) in [5, 5.41) is 16.7. The molecule has 0 aliphatic carbocycles. The Balaban J connectivity index is 2.03. The van der Waals surface area contributed by atoms with Gasteiger partial charge in [0.05, 0.1) is 11.0 Å². The highest BCUT2D eigenvalue weighted by molar-refractivity contribution is 7.10. The highest BCUT2D eigenvalue weighted by Crippen LogP contribution is 2.34. The van der Waals surface area contributed by atoms with Crippen molar-refractivity contribution in [3.05, 3.63) is 91.7 Å². The van der Waals surface area contributed by atoms with E-state index >= 15 is 0 Å². The van der Waals surface area contributed by atoms with Crippen molar-refractivity contribution in [2.24, 2.45) is 5.73 Å². The van der Waals surface area contributed by atoms with Crippen LogP contribution in [0.25, 0.3) is 0 Å². The van der Waals surface area contributed by atoms with Crippen molar-refractivity contribution in [1.29, 1.82) is 0 Å². The minimum Gasteiger partial charge on any atom is -0.368 e. The summed E-state index contributed by atoms with van der Waals surface area (Å²) in [6.45, 7) is 2.00. The molecule has 26 heavy (non-hydrogen) atoms. The summed E-state index contributed by atoms with van der Waals surface area (Å²) in [7, 11) is 0. The molecule has 6 nitrogen and oxygen atoms in total. The average Bonchev–Trinajstić information content (AvgIpc) is 3.14. The summed E-state index contributed by atoms with van der Waals surface area (Å²) in [4.78, 5) is 23.3. The fourth-order valence-electron chi connectivity index (χ4n) is 2.65. The van der Waals surface area contributed by atoms with Gasteiger partial charge in [0.25, 0.3) is 5.69 Å². The van der Waals surface area contributed by atoms with Crippen molar-refractivity contribution >= 4 is 28.6 Å². The zero-order valence-corrected chi connectivity index (χ0v) is 14.8. The average molecular weight is 367 g/mol. The number of amides is 1. The lowest BCUT2D eigenvalue weighted by molar-refractivity contribution is -0.384. The molecular weight excluding hydrogens is 350 g/mol. The first-order valence-electron chi connectivity index (χ1n) is 7.90. The maximum atomic E-state index is 11.5. The molecule has 1 aromatic heterocycles. The standard InChI is InChI=1S/C19H17N3O3S/c1-12-4-6-13(7-5-12)18(17-3-2-10-26-17)21-15-9-8-14(19(20)23)11-16(15)22(24)25/h2-11,18,21H,1H3,(H2,20,23)/t18-/m0/s1. The summed E-state index contributed by atoms with van der Waals surface area (Å²) >= 11 is 1.57. The number of benzene rings is 2. The molecule has 0 radical (unpaired) electrons. The smallest absolute Gasteiger partial charge is 0.293 e. The van der Waals surface area contributed by atoms with Crippen LogP contribution < -0.4 is 11.1 Å². The second kappa shape index (κ2) is 7.37. The predicted molar refractivity (Wildman–Crippen MR) is 103 cm³/mol. The van der Waals surface area contributed by atoms with Crippen LogP contribution in [-0.4, -0.2) is 10.8 Å². The molecule has 132 valence electrons. The number of anilines is 1. The lowest BCUT2D eigenvalue weighted by atomic mass is 10.0. The van der Waals surface area contributed by atoms with Gasteiger partial charge in [-0.1, -0.05) is 35.9 Å². The van der Waals surface area contributed by atoms with Gasteiger partial charge in [-0.05, 0) is 36.1 Å². The lowest BCUT2D eigenvalue weighted by Crippen LogP contribution is -2.14. The number of nitro groups is 1. The first-order valence-corrected chi connectivity index (χ1v) is 8.78. The van der Waals surface area contributed by atoms with Gasteiger partial charge in [-0.3, -0.25) is 14.9 Å². The third-order valence-corrected chi connectivity index (χ3v) is 4.95. The number of carbonyl (C=O) groups is 1. The van der Waals surface area contributed by atoms with E-state index in [2.05, 4.69) is 5.32 Å². The minimum atomic E-state index is -0.701. The molecule has 3 N–H and O–H groups in total. The molecule has 0 saturated carbocycles. The van der Waals surface area contributed by atoms with E-state index in [0.717, 1.165) is 16.0 Å². The Bertz CT molecular complexity index is 937. The number of primary amides is 1. The number of nitrogens with two attached hydrogens (primary N) is 1. The molecular formula is C19H17N3O3S. The Morgan fingerprint density at radius 3 is 2.50 bits per heavy atom.